The van der Waals surface area contributed by atoms with E-state index in [-0.39, 0.29) is 11.8 Å². The number of rotatable bonds is 6. The lowest BCUT2D eigenvalue weighted by molar-refractivity contribution is 0.655. The van der Waals surface area contributed by atoms with E-state index in [4.69, 9.17) is 14.4 Å². The summed E-state index contributed by atoms with van der Waals surface area (Å²) in [5, 5.41) is 2.09. The quantitative estimate of drug-likeness (QED) is 0.188. The van der Waals surface area contributed by atoms with Crippen LogP contribution in [0.5, 0.6) is 0 Å². The maximum Gasteiger partial charge on any atom is 0.227 e. The van der Waals surface area contributed by atoms with E-state index in [1.54, 1.807) is 0 Å². The van der Waals surface area contributed by atoms with Crippen molar-refractivity contribution in [2.45, 2.75) is 46.5 Å². The van der Waals surface area contributed by atoms with Crippen molar-refractivity contribution in [1.82, 2.24) is 14.5 Å². The van der Waals surface area contributed by atoms with Gasteiger partial charge >= 0.3 is 0 Å². The van der Waals surface area contributed by atoms with Crippen LogP contribution in [0.2, 0.25) is 0 Å². The molecule has 0 N–H and O–H groups in total. The number of pyridine rings is 1. The van der Waals surface area contributed by atoms with Gasteiger partial charge in [0.15, 0.2) is 0 Å². The van der Waals surface area contributed by atoms with E-state index in [9.17, 15) is 0 Å². The standard InChI is InChI=1S/C43H37N3O/c1-26(2)34-24-31(29-14-8-6-9-15-29)25-35(27(3)4)40(34)46-38-19-13-12-18-37(38)44-42(46)33-21-20-28(5)39-32-22-23-36(30-16-10-7-11-17-30)45-43(32)47-41(33)39/h6-27H,1-5H3. The minimum absolute atomic E-state index is 0.282. The molecule has 0 fully saturated rings. The zero-order chi connectivity index (χ0) is 32.2. The summed E-state index contributed by atoms with van der Waals surface area (Å²) in [5.41, 5.74) is 13.8. The number of hydrogen-bond acceptors (Lipinski definition) is 3. The van der Waals surface area contributed by atoms with Gasteiger partial charge in [0.2, 0.25) is 5.71 Å². The highest BCUT2D eigenvalue weighted by Crippen LogP contribution is 2.43. The molecule has 3 aromatic heterocycles. The van der Waals surface area contributed by atoms with Crippen LogP contribution in [0.4, 0.5) is 0 Å². The Morgan fingerprint density at radius 1 is 0.617 bits per heavy atom. The van der Waals surface area contributed by atoms with Gasteiger partial charge in [0, 0.05) is 16.3 Å². The van der Waals surface area contributed by atoms with E-state index in [0.717, 1.165) is 55.6 Å². The average molecular weight is 612 g/mol. The van der Waals surface area contributed by atoms with Gasteiger partial charge < -0.3 is 4.42 Å². The highest BCUT2D eigenvalue weighted by molar-refractivity contribution is 6.10. The van der Waals surface area contributed by atoms with Gasteiger partial charge in [0.1, 0.15) is 11.4 Å². The fourth-order valence-corrected chi connectivity index (χ4v) is 6.92. The summed E-state index contributed by atoms with van der Waals surface area (Å²) in [6.45, 7) is 11.3. The Bertz CT molecular complexity index is 2380. The fourth-order valence-electron chi connectivity index (χ4n) is 6.92. The van der Waals surface area contributed by atoms with Gasteiger partial charge in [-0.2, -0.15) is 0 Å². The molecule has 0 bridgehead atoms. The van der Waals surface area contributed by atoms with Crippen molar-refractivity contribution >= 4 is 33.1 Å². The molecule has 0 aliphatic carbocycles. The lowest BCUT2D eigenvalue weighted by atomic mass is 9.88. The predicted octanol–water partition coefficient (Wildman–Crippen LogP) is 11.9. The Kier molecular flexibility index (Phi) is 7.02. The van der Waals surface area contributed by atoms with Crippen molar-refractivity contribution in [2.24, 2.45) is 0 Å². The number of hydrogen-bond donors (Lipinski definition) is 0. The molecule has 0 saturated heterocycles. The molecule has 0 saturated carbocycles. The Morgan fingerprint density at radius 3 is 1.94 bits per heavy atom. The van der Waals surface area contributed by atoms with Crippen LogP contribution >= 0.6 is 0 Å². The number of aromatic nitrogens is 3. The molecule has 0 radical (unpaired) electrons. The number of aryl methyl sites for hydroxylation is 1. The Morgan fingerprint density at radius 2 is 1.26 bits per heavy atom. The molecular weight excluding hydrogens is 574 g/mol. The summed E-state index contributed by atoms with van der Waals surface area (Å²) in [4.78, 5) is 10.3. The molecule has 0 aliphatic heterocycles. The fraction of sp³-hybridized carbons (Fsp3) is 0.163. The third kappa shape index (κ3) is 4.83. The zero-order valence-electron chi connectivity index (χ0n) is 27.5. The molecule has 8 aromatic rings. The maximum absolute atomic E-state index is 6.74. The van der Waals surface area contributed by atoms with E-state index in [1.165, 1.54) is 27.9 Å². The van der Waals surface area contributed by atoms with Crippen LogP contribution in [0.3, 0.4) is 0 Å². The molecule has 5 aromatic carbocycles. The summed E-state index contributed by atoms with van der Waals surface area (Å²) in [6, 6.07) is 42.8. The smallest absolute Gasteiger partial charge is 0.227 e. The van der Waals surface area contributed by atoms with E-state index in [1.807, 2.05) is 18.2 Å². The molecule has 4 nitrogen and oxygen atoms in total. The summed E-state index contributed by atoms with van der Waals surface area (Å²) in [6.07, 6.45) is 0. The lowest BCUT2D eigenvalue weighted by Gasteiger charge is -2.24. The zero-order valence-corrected chi connectivity index (χ0v) is 27.5. The second-order valence-electron chi connectivity index (χ2n) is 13.1. The van der Waals surface area contributed by atoms with E-state index in [2.05, 4.69) is 142 Å². The highest BCUT2D eigenvalue weighted by atomic mass is 16.3. The average Bonchev–Trinajstić information content (AvgIpc) is 3.67. The van der Waals surface area contributed by atoms with Crippen LogP contribution in [-0.4, -0.2) is 14.5 Å². The minimum atomic E-state index is 0.282. The predicted molar refractivity (Wildman–Crippen MR) is 195 cm³/mol. The highest BCUT2D eigenvalue weighted by Gasteiger charge is 2.26. The third-order valence-corrected chi connectivity index (χ3v) is 9.31. The Labute approximate surface area is 275 Å². The van der Waals surface area contributed by atoms with E-state index < -0.39 is 0 Å². The number of furan rings is 1. The van der Waals surface area contributed by atoms with E-state index in [0.29, 0.717) is 5.71 Å². The first-order valence-corrected chi connectivity index (χ1v) is 16.5. The van der Waals surface area contributed by atoms with Crippen LogP contribution in [0.25, 0.3) is 72.6 Å². The maximum atomic E-state index is 6.74. The molecule has 0 aliphatic rings. The third-order valence-electron chi connectivity index (χ3n) is 9.31. The first kappa shape index (κ1) is 29.0. The largest absolute Gasteiger partial charge is 0.437 e. The van der Waals surface area contributed by atoms with Gasteiger partial charge in [0.05, 0.1) is 28.0 Å². The molecule has 47 heavy (non-hydrogen) atoms. The van der Waals surface area contributed by atoms with Crippen molar-refractivity contribution in [3.63, 3.8) is 0 Å². The number of imidazole rings is 1. The monoisotopic (exact) mass is 611 g/mol. The van der Waals surface area contributed by atoms with Crippen LogP contribution in [-0.2, 0) is 0 Å². The summed E-state index contributed by atoms with van der Waals surface area (Å²) >= 11 is 0. The lowest BCUT2D eigenvalue weighted by Crippen LogP contribution is -2.09. The minimum Gasteiger partial charge on any atom is -0.437 e. The topological polar surface area (TPSA) is 43.9 Å². The number of benzene rings is 5. The summed E-state index contributed by atoms with van der Waals surface area (Å²) < 4.78 is 9.12. The van der Waals surface area contributed by atoms with Gasteiger partial charge in [-0.05, 0) is 89.0 Å². The SMILES string of the molecule is Cc1ccc(-c2nc3ccccc3n2-c2c(C(C)C)cc(-c3ccccc3)cc2C(C)C)c2oc3nc(-c4ccccc4)ccc3c12. The van der Waals surface area contributed by atoms with Crippen molar-refractivity contribution in [3.8, 4) is 39.5 Å². The van der Waals surface area contributed by atoms with Gasteiger partial charge in [-0.3, -0.25) is 4.57 Å². The van der Waals surface area contributed by atoms with Gasteiger partial charge in [-0.25, -0.2) is 9.97 Å². The van der Waals surface area contributed by atoms with Crippen molar-refractivity contribution in [3.05, 3.63) is 138 Å². The van der Waals surface area contributed by atoms with Crippen LogP contribution < -0.4 is 0 Å². The van der Waals surface area contributed by atoms with E-state index >= 15 is 0 Å². The van der Waals surface area contributed by atoms with Crippen molar-refractivity contribution in [2.75, 3.05) is 0 Å². The van der Waals surface area contributed by atoms with Crippen molar-refractivity contribution in [1.29, 1.82) is 0 Å². The van der Waals surface area contributed by atoms with Crippen molar-refractivity contribution < 1.29 is 4.42 Å². The van der Waals surface area contributed by atoms with Gasteiger partial charge in [0.25, 0.3) is 0 Å². The molecule has 230 valence electrons. The van der Waals surface area contributed by atoms with Crippen LogP contribution in [0.1, 0.15) is 56.2 Å². The van der Waals surface area contributed by atoms with Gasteiger partial charge in [-0.15, -0.1) is 0 Å². The normalized spacial score (nSPS) is 11.9. The second kappa shape index (κ2) is 11.4. The first-order chi connectivity index (χ1) is 22.9. The van der Waals surface area contributed by atoms with Crippen LogP contribution in [0, 0.1) is 6.92 Å². The number of nitrogens with zero attached hydrogens (tertiary/aromatic N) is 3. The summed E-state index contributed by atoms with van der Waals surface area (Å²) in [7, 11) is 0. The molecule has 0 amide bonds. The molecule has 0 unspecified atom stereocenters. The Balaban J connectivity index is 1.43. The molecule has 4 heteroatoms. The molecule has 3 heterocycles. The number of para-hydroxylation sites is 2. The molecule has 8 rings (SSSR count). The molecule has 0 atom stereocenters. The van der Waals surface area contributed by atoms with Gasteiger partial charge in [-0.1, -0.05) is 107 Å². The number of fused-ring (bicyclic) bond motifs is 4. The first-order valence-electron chi connectivity index (χ1n) is 16.5. The second-order valence-corrected chi connectivity index (χ2v) is 13.1. The van der Waals surface area contributed by atoms with Crippen LogP contribution in [0.15, 0.2) is 126 Å². The Hall–Kier alpha value is -5.48. The summed E-state index contributed by atoms with van der Waals surface area (Å²) in [5.74, 6) is 1.44. The molecule has 0 spiro atoms. The molecular formula is C43H37N3O.